The summed E-state index contributed by atoms with van der Waals surface area (Å²) < 4.78 is 0. The maximum absolute atomic E-state index is 10.9. The van der Waals surface area contributed by atoms with Crippen LogP contribution in [0.15, 0.2) is 18.2 Å². The first-order valence-electron chi connectivity index (χ1n) is 5.29. The van der Waals surface area contributed by atoms with Crippen LogP contribution in [0.4, 0.5) is 5.69 Å². The molecule has 1 fully saturated rings. The van der Waals surface area contributed by atoms with E-state index in [9.17, 15) is 4.79 Å². The highest BCUT2D eigenvalue weighted by atomic mass is 35.5. The van der Waals surface area contributed by atoms with Gasteiger partial charge in [-0.2, -0.15) is 5.26 Å². The van der Waals surface area contributed by atoms with Crippen molar-refractivity contribution in [2.24, 2.45) is 5.92 Å². The van der Waals surface area contributed by atoms with Crippen LogP contribution in [0.3, 0.4) is 0 Å². The summed E-state index contributed by atoms with van der Waals surface area (Å²) in [6, 6.07) is 7.17. The van der Waals surface area contributed by atoms with Gasteiger partial charge in [0.1, 0.15) is 6.07 Å². The van der Waals surface area contributed by atoms with Crippen LogP contribution in [-0.2, 0) is 4.79 Å². The lowest BCUT2D eigenvalue weighted by Crippen LogP contribution is -2.22. The highest BCUT2D eigenvalue weighted by Gasteiger charge is 2.28. The molecule has 1 aromatic carbocycles. The molecule has 88 valence electrons. The Hall–Kier alpha value is -1.73. The molecule has 0 aromatic heterocycles. The van der Waals surface area contributed by atoms with Crippen molar-refractivity contribution in [3.63, 3.8) is 0 Å². The maximum atomic E-state index is 10.9. The first-order chi connectivity index (χ1) is 8.11. The zero-order valence-corrected chi connectivity index (χ0v) is 9.81. The molecule has 1 unspecified atom stereocenters. The van der Waals surface area contributed by atoms with E-state index in [0.29, 0.717) is 30.1 Å². The van der Waals surface area contributed by atoms with Gasteiger partial charge in [0.15, 0.2) is 0 Å². The topological polar surface area (TPSA) is 64.3 Å². The summed E-state index contributed by atoms with van der Waals surface area (Å²) >= 11 is 5.94. The fourth-order valence-corrected chi connectivity index (χ4v) is 2.20. The Balaban J connectivity index is 2.17. The summed E-state index contributed by atoms with van der Waals surface area (Å²) in [7, 11) is 0. The van der Waals surface area contributed by atoms with E-state index in [1.807, 2.05) is 11.0 Å². The van der Waals surface area contributed by atoms with E-state index < -0.39 is 5.97 Å². The molecular weight excluding hydrogens is 240 g/mol. The lowest BCUT2D eigenvalue weighted by atomic mass is 10.1. The number of aliphatic carboxylic acids is 1. The smallest absolute Gasteiger partial charge is 0.308 e. The van der Waals surface area contributed by atoms with Gasteiger partial charge in [-0.15, -0.1) is 0 Å². The van der Waals surface area contributed by atoms with Gasteiger partial charge in [-0.3, -0.25) is 4.79 Å². The average molecular weight is 251 g/mol. The van der Waals surface area contributed by atoms with Crippen LogP contribution >= 0.6 is 11.6 Å². The third-order valence-electron chi connectivity index (χ3n) is 2.98. The van der Waals surface area contributed by atoms with Crippen LogP contribution in [0.1, 0.15) is 12.0 Å². The molecule has 0 radical (unpaired) electrons. The number of nitriles is 1. The largest absolute Gasteiger partial charge is 0.481 e. The third kappa shape index (κ3) is 2.34. The summed E-state index contributed by atoms with van der Waals surface area (Å²) in [5.74, 6) is -1.07. The van der Waals surface area contributed by atoms with E-state index in [1.165, 1.54) is 0 Å². The molecule has 0 spiro atoms. The highest BCUT2D eigenvalue weighted by molar-refractivity contribution is 6.32. The number of rotatable bonds is 2. The normalized spacial score (nSPS) is 19.1. The number of carboxylic acids is 1. The Bertz CT molecular complexity index is 496. The fraction of sp³-hybridized carbons (Fsp3) is 0.333. The molecule has 1 atom stereocenters. The second-order valence-electron chi connectivity index (χ2n) is 4.05. The van der Waals surface area contributed by atoms with Gasteiger partial charge in [-0.05, 0) is 24.6 Å². The molecule has 1 heterocycles. The molecule has 0 bridgehead atoms. The van der Waals surface area contributed by atoms with Crippen LogP contribution in [0.2, 0.25) is 5.02 Å². The van der Waals surface area contributed by atoms with Gasteiger partial charge in [-0.25, -0.2) is 0 Å². The molecule has 1 aromatic rings. The van der Waals surface area contributed by atoms with Gasteiger partial charge in [0, 0.05) is 18.8 Å². The zero-order chi connectivity index (χ0) is 12.4. The standard InChI is InChI=1S/C12H11ClN2O2/c13-11-5-10(2-1-8(11)6-14)15-4-3-9(7-15)12(16)17/h1-2,5,9H,3-4,7H2,(H,16,17). The minimum Gasteiger partial charge on any atom is -0.481 e. The Kier molecular flexibility index (Phi) is 3.21. The molecule has 0 saturated carbocycles. The predicted octanol–water partition coefficient (Wildman–Crippen LogP) is 2.12. The number of nitrogens with zero attached hydrogens (tertiary/aromatic N) is 2. The SMILES string of the molecule is N#Cc1ccc(N2CCC(C(=O)O)C2)cc1Cl. The molecule has 1 aliphatic heterocycles. The Morgan fingerprint density at radius 2 is 2.35 bits per heavy atom. The molecular formula is C12H11ClN2O2. The van der Waals surface area contributed by atoms with Crippen molar-refractivity contribution in [3.05, 3.63) is 28.8 Å². The number of carbonyl (C=O) groups is 1. The molecule has 0 aliphatic carbocycles. The van der Waals surface area contributed by atoms with E-state index >= 15 is 0 Å². The lowest BCUT2D eigenvalue weighted by Gasteiger charge is -2.18. The Labute approximate surface area is 104 Å². The van der Waals surface area contributed by atoms with E-state index in [1.54, 1.807) is 18.2 Å². The monoisotopic (exact) mass is 250 g/mol. The van der Waals surface area contributed by atoms with Crippen LogP contribution in [-0.4, -0.2) is 24.2 Å². The van der Waals surface area contributed by atoms with E-state index in [2.05, 4.69) is 0 Å². The Morgan fingerprint density at radius 1 is 1.59 bits per heavy atom. The van der Waals surface area contributed by atoms with Crippen molar-refractivity contribution in [1.29, 1.82) is 5.26 Å². The van der Waals surface area contributed by atoms with Crippen LogP contribution < -0.4 is 4.90 Å². The summed E-state index contributed by atoms with van der Waals surface area (Å²) in [4.78, 5) is 12.8. The molecule has 1 aliphatic rings. The van der Waals surface area contributed by atoms with Gasteiger partial charge in [0.05, 0.1) is 16.5 Å². The molecule has 0 amide bonds. The Morgan fingerprint density at radius 3 is 2.88 bits per heavy atom. The number of hydrogen-bond acceptors (Lipinski definition) is 3. The second kappa shape index (κ2) is 4.64. The van der Waals surface area contributed by atoms with Crippen molar-refractivity contribution >= 4 is 23.3 Å². The highest BCUT2D eigenvalue weighted by Crippen LogP contribution is 2.27. The third-order valence-corrected chi connectivity index (χ3v) is 3.29. The maximum Gasteiger partial charge on any atom is 0.308 e. The summed E-state index contributed by atoms with van der Waals surface area (Å²) in [6.07, 6.45) is 0.646. The fourth-order valence-electron chi connectivity index (χ4n) is 1.99. The number of halogens is 1. The van der Waals surface area contributed by atoms with Gasteiger partial charge < -0.3 is 10.0 Å². The van der Waals surface area contributed by atoms with E-state index in [0.717, 1.165) is 5.69 Å². The van der Waals surface area contributed by atoms with Gasteiger partial charge in [0.25, 0.3) is 0 Å². The van der Waals surface area contributed by atoms with Crippen LogP contribution in [0.5, 0.6) is 0 Å². The van der Waals surface area contributed by atoms with Gasteiger partial charge in [0.2, 0.25) is 0 Å². The van der Waals surface area contributed by atoms with Crippen LogP contribution in [0.25, 0.3) is 0 Å². The second-order valence-corrected chi connectivity index (χ2v) is 4.45. The molecule has 17 heavy (non-hydrogen) atoms. The minimum atomic E-state index is -0.757. The van der Waals surface area contributed by atoms with Crippen molar-refractivity contribution in [1.82, 2.24) is 0 Å². The number of hydrogen-bond donors (Lipinski definition) is 1. The zero-order valence-electron chi connectivity index (χ0n) is 9.06. The molecule has 4 nitrogen and oxygen atoms in total. The summed E-state index contributed by atoms with van der Waals surface area (Å²) in [6.45, 7) is 1.21. The molecule has 1 N–H and O–H groups in total. The predicted molar refractivity (Wildman–Crippen MR) is 64.1 cm³/mol. The van der Waals surface area contributed by atoms with E-state index in [-0.39, 0.29) is 5.92 Å². The van der Waals surface area contributed by atoms with Crippen molar-refractivity contribution in [2.45, 2.75) is 6.42 Å². The van der Waals surface area contributed by atoms with Gasteiger partial charge in [-0.1, -0.05) is 11.6 Å². The quantitative estimate of drug-likeness (QED) is 0.873. The first kappa shape index (κ1) is 11.7. The minimum absolute atomic E-state index is 0.315. The van der Waals surface area contributed by atoms with Crippen molar-refractivity contribution in [3.8, 4) is 6.07 Å². The lowest BCUT2D eigenvalue weighted by molar-refractivity contribution is -0.140. The van der Waals surface area contributed by atoms with Crippen molar-refractivity contribution < 1.29 is 9.90 Å². The summed E-state index contributed by atoms with van der Waals surface area (Å²) in [5.41, 5.74) is 1.31. The number of benzene rings is 1. The van der Waals surface area contributed by atoms with Crippen LogP contribution in [0, 0.1) is 17.2 Å². The van der Waals surface area contributed by atoms with Gasteiger partial charge >= 0.3 is 5.97 Å². The van der Waals surface area contributed by atoms with Crippen molar-refractivity contribution in [2.75, 3.05) is 18.0 Å². The molecule has 5 heteroatoms. The average Bonchev–Trinajstić information content (AvgIpc) is 2.78. The van der Waals surface area contributed by atoms with E-state index in [4.69, 9.17) is 22.0 Å². The number of anilines is 1. The molecule has 1 saturated heterocycles. The first-order valence-corrected chi connectivity index (χ1v) is 5.67. The number of carboxylic acid groups (broad SMARTS) is 1. The molecule has 2 rings (SSSR count). The summed E-state index contributed by atoms with van der Waals surface area (Å²) in [5, 5.41) is 18.1.